The smallest absolute Gasteiger partial charge is 0.145 e. The van der Waals surface area contributed by atoms with Crippen LogP contribution in [0.5, 0.6) is 5.75 Å². The quantitative estimate of drug-likeness (QED) is 0.857. The molecule has 0 bridgehead atoms. The highest BCUT2D eigenvalue weighted by Gasteiger charge is 2.06. The van der Waals surface area contributed by atoms with Gasteiger partial charge in [-0.25, -0.2) is 0 Å². The van der Waals surface area contributed by atoms with Crippen LogP contribution in [0.25, 0.3) is 0 Å². The number of nitrogen functional groups attached to an aromatic ring is 1. The van der Waals surface area contributed by atoms with Gasteiger partial charge in [-0.3, -0.25) is 4.68 Å². The van der Waals surface area contributed by atoms with Crippen LogP contribution in [0.3, 0.4) is 0 Å². The molecule has 0 unspecified atom stereocenters. The minimum absolute atomic E-state index is 0.562. The normalized spacial score (nSPS) is 10.9. The van der Waals surface area contributed by atoms with E-state index in [0.29, 0.717) is 5.82 Å². The molecule has 2 aromatic rings. The van der Waals surface area contributed by atoms with Gasteiger partial charge in [0.2, 0.25) is 0 Å². The molecule has 1 aromatic heterocycles. The van der Waals surface area contributed by atoms with Gasteiger partial charge < -0.3 is 15.4 Å². The van der Waals surface area contributed by atoms with Gasteiger partial charge in [-0.05, 0) is 19.2 Å². The van der Waals surface area contributed by atoms with Gasteiger partial charge in [0.05, 0.1) is 13.7 Å². The zero-order chi connectivity index (χ0) is 13.7. The van der Waals surface area contributed by atoms with E-state index in [-0.39, 0.29) is 0 Å². The third-order valence-corrected chi connectivity index (χ3v) is 3.00. The third kappa shape index (κ3) is 3.72. The van der Waals surface area contributed by atoms with Crippen molar-refractivity contribution >= 4 is 5.82 Å². The van der Waals surface area contributed by atoms with Crippen molar-refractivity contribution in [3.63, 3.8) is 0 Å². The lowest BCUT2D eigenvalue weighted by atomic mass is 10.2. The monoisotopic (exact) mass is 260 g/mol. The Labute approximate surface area is 113 Å². The van der Waals surface area contributed by atoms with E-state index >= 15 is 0 Å². The number of aromatic nitrogens is 2. The van der Waals surface area contributed by atoms with E-state index in [2.05, 4.69) is 23.1 Å². The predicted molar refractivity (Wildman–Crippen MR) is 76.0 cm³/mol. The first-order valence-corrected chi connectivity index (χ1v) is 6.28. The molecular weight excluding hydrogens is 240 g/mol. The molecule has 0 atom stereocenters. The molecule has 102 valence electrons. The molecule has 0 aliphatic carbocycles. The molecule has 1 heterocycles. The van der Waals surface area contributed by atoms with Crippen LogP contribution in [0.2, 0.25) is 0 Å². The maximum atomic E-state index is 5.58. The first-order chi connectivity index (χ1) is 9.19. The molecule has 0 amide bonds. The van der Waals surface area contributed by atoms with E-state index in [0.717, 1.165) is 25.4 Å². The fourth-order valence-electron chi connectivity index (χ4n) is 1.98. The fourth-order valence-corrected chi connectivity index (χ4v) is 1.98. The average molecular weight is 260 g/mol. The van der Waals surface area contributed by atoms with Crippen LogP contribution in [0.1, 0.15) is 5.56 Å². The van der Waals surface area contributed by atoms with E-state index in [4.69, 9.17) is 10.5 Å². The second-order valence-electron chi connectivity index (χ2n) is 4.55. The SMILES string of the molecule is COc1ccccc1CN(C)CCn1ccc(N)n1. The fraction of sp³-hybridized carbons (Fsp3) is 0.357. The third-order valence-electron chi connectivity index (χ3n) is 3.00. The van der Waals surface area contributed by atoms with Crippen LogP contribution in [-0.4, -0.2) is 35.4 Å². The lowest BCUT2D eigenvalue weighted by Gasteiger charge is -2.18. The maximum Gasteiger partial charge on any atom is 0.145 e. The highest BCUT2D eigenvalue weighted by atomic mass is 16.5. The van der Waals surface area contributed by atoms with Gasteiger partial charge >= 0.3 is 0 Å². The van der Waals surface area contributed by atoms with Crippen LogP contribution in [0.4, 0.5) is 5.82 Å². The largest absolute Gasteiger partial charge is 0.496 e. The molecule has 0 radical (unpaired) electrons. The van der Waals surface area contributed by atoms with E-state index in [9.17, 15) is 0 Å². The van der Waals surface area contributed by atoms with Crippen LogP contribution in [0, 0.1) is 0 Å². The second kappa shape index (κ2) is 6.24. The summed E-state index contributed by atoms with van der Waals surface area (Å²) < 4.78 is 7.21. The molecule has 5 heteroatoms. The van der Waals surface area contributed by atoms with Gasteiger partial charge in [-0.15, -0.1) is 0 Å². The summed E-state index contributed by atoms with van der Waals surface area (Å²) in [4.78, 5) is 2.23. The number of benzene rings is 1. The molecule has 2 rings (SSSR count). The zero-order valence-electron chi connectivity index (χ0n) is 11.4. The van der Waals surface area contributed by atoms with Gasteiger partial charge in [-0.2, -0.15) is 5.10 Å². The summed E-state index contributed by atoms with van der Waals surface area (Å²) in [7, 11) is 3.78. The summed E-state index contributed by atoms with van der Waals surface area (Å²) in [5, 5.41) is 4.17. The van der Waals surface area contributed by atoms with Gasteiger partial charge in [0, 0.05) is 24.8 Å². The van der Waals surface area contributed by atoms with E-state index in [1.54, 1.807) is 13.2 Å². The summed E-state index contributed by atoms with van der Waals surface area (Å²) >= 11 is 0. The molecule has 0 spiro atoms. The van der Waals surface area contributed by atoms with Gasteiger partial charge in [0.1, 0.15) is 11.6 Å². The predicted octanol–water partition coefficient (Wildman–Crippen LogP) is 1.61. The van der Waals surface area contributed by atoms with E-state index in [1.807, 2.05) is 29.1 Å². The number of hydrogen-bond acceptors (Lipinski definition) is 4. The Hall–Kier alpha value is -2.01. The lowest BCUT2D eigenvalue weighted by Crippen LogP contribution is -2.23. The summed E-state index contributed by atoms with van der Waals surface area (Å²) in [6.45, 7) is 2.57. The standard InChI is InChI=1S/C14H20N4O/c1-17(9-10-18-8-7-14(15)16-18)11-12-5-3-4-6-13(12)19-2/h3-8H,9-11H2,1-2H3,(H2,15,16). The first kappa shape index (κ1) is 13.4. The number of ether oxygens (including phenoxy) is 1. The van der Waals surface area contributed by atoms with Crippen LogP contribution >= 0.6 is 0 Å². The number of methoxy groups -OCH3 is 1. The summed E-state index contributed by atoms with van der Waals surface area (Å²) in [5.74, 6) is 1.49. The van der Waals surface area contributed by atoms with Gasteiger partial charge in [-0.1, -0.05) is 18.2 Å². The number of nitrogens with zero attached hydrogens (tertiary/aromatic N) is 3. The van der Waals surface area contributed by atoms with Crippen LogP contribution in [0.15, 0.2) is 36.5 Å². The topological polar surface area (TPSA) is 56.3 Å². The molecule has 1 aromatic carbocycles. The summed E-state index contributed by atoms with van der Waals surface area (Å²) in [5.41, 5.74) is 6.77. The number of likely N-dealkylation sites (N-methyl/N-ethyl adjacent to an activating group) is 1. The maximum absolute atomic E-state index is 5.58. The molecule has 0 aliphatic rings. The summed E-state index contributed by atoms with van der Waals surface area (Å²) in [6.07, 6.45) is 1.90. The van der Waals surface area contributed by atoms with Crippen molar-refractivity contribution in [2.24, 2.45) is 0 Å². The molecule has 0 saturated heterocycles. The minimum atomic E-state index is 0.562. The number of anilines is 1. The number of rotatable bonds is 6. The summed E-state index contributed by atoms with van der Waals surface area (Å²) in [6, 6.07) is 9.88. The van der Waals surface area contributed by atoms with Crippen LogP contribution in [-0.2, 0) is 13.1 Å². The Bertz CT molecular complexity index is 524. The van der Waals surface area contributed by atoms with Crippen molar-refractivity contribution < 1.29 is 4.74 Å². The van der Waals surface area contributed by atoms with E-state index in [1.165, 1.54) is 5.56 Å². The molecule has 5 nitrogen and oxygen atoms in total. The van der Waals surface area contributed by atoms with Crippen LogP contribution < -0.4 is 10.5 Å². The second-order valence-corrected chi connectivity index (χ2v) is 4.55. The molecule has 19 heavy (non-hydrogen) atoms. The Morgan fingerprint density at radius 1 is 1.32 bits per heavy atom. The molecule has 0 saturated carbocycles. The molecule has 0 fully saturated rings. The highest BCUT2D eigenvalue weighted by molar-refractivity contribution is 5.33. The lowest BCUT2D eigenvalue weighted by molar-refractivity contribution is 0.298. The van der Waals surface area contributed by atoms with Crippen molar-refractivity contribution in [3.05, 3.63) is 42.1 Å². The first-order valence-electron chi connectivity index (χ1n) is 6.28. The van der Waals surface area contributed by atoms with Crippen molar-refractivity contribution in [3.8, 4) is 5.75 Å². The average Bonchev–Trinajstić information content (AvgIpc) is 2.83. The van der Waals surface area contributed by atoms with E-state index < -0.39 is 0 Å². The number of nitrogens with two attached hydrogens (primary N) is 1. The Balaban J connectivity index is 1.88. The molecular formula is C14H20N4O. The number of para-hydroxylation sites is 1. The highest BCUT2D eigenvalue weighted by Crippen LogP contribution is 2.18. The van der Waals surface area contributed by atoms with Crippen molar-refractivity contribution in [1.29, 1.82) is 0 Å². The van der Waals surface area contributed by atoms with Gasteiger partial charge in [0.25, 0.3) is 0 Å². The van der Waals surface area contributed by atoms with Gasteiger partial charge in [0.15, 0.2) is 0 Å². The van der Waals surface area contributed by atoms with Crippen molar-refractivity contribution in [2.45, 2.75) is 13.1 Å². The molecule has 0 aliphatic heterocycles. The Morgan fingerprint density at radius 2 is 2.11 bits per heavy atom. The van der Waals surface area contributed by atoms with Crippen molar-refractivity contribution in [2.75, 3.05) is 26.4 Å². The molecule has 2 N–H and O–H groups in total. The zero-order valence-corrected chi connectivity index (χ0v) is 11.4. The Kier molecular flexibility index (Phi) is 4.41. The van der Waals surface area contributed by atoms with Crippen molar-refractivity contribution in [1.82, 2.24) is 14.7 Å². The number of hydrogen-bond donors (Lipinski definition) is 1. The Morgan fingerprint density at radius 3 is 2.79 bits per heavy atom. The minimum Gasteiger partial charge on any atom is -0.496 e.